The second-order valence-electron chi connectivity index (χ2n) is 7.45. The highest BCUT2D eigenvalue weighted by atomic mass is 16.2. The number of likely N-dealkylation sites (tertiary alicyclic amines) is 1. The number of aryl methyl sites for hydroxylation is 2. The number of hydrogen-bond donors (Lipinski definition) is 2. The molecule has 1 unspecified atom stereocenters. The number of nitrogens with one attached hydrogen (secondary N) is 2. The number of rotatable bonds is 2. The Bertz CT molecular complexity index is 1140. The number of H-pyrrole nitrogens is 2. The lowest BCUT2D eigenvalue weighted by Crippen LogP contribution is -2.31. The summed E-state index contributed by atoms with van der Waals surface area (Å²) in [5.74, 6) is 0.927. The summed E-state index contributed by atoms with van der Waals surface area (Å²) in [5, 5.41) is 1.12. The largest absolute Gasteiger partial charge is 0.351 e. The quantitative estimate of drug-likeness (QED) is 0.548. The van der Waals surface area contributed by atoms with Gasteiger partial charge in [-0.3, -0.25) is 4.79 Å². The van der Waals surface area contributed by atoms with Crippen molar-refractivity contribution in [2.24, 2.45) is 0 Å². The molecule has 0 aliphatic carbocycles. The van der Waals surface area contributed by atoms with Crippen molar-refractivity contribution >= 4 is 27.8 Å². The molecule has 2 aromatic heterocycles. The molecular formula is C22H22N4O. The zero-order valence-corrected chi connectivity index (χ0v) is 15.5. The van der Waals surface area contributed by atoms with E-state index in [0.29, 0.717) is 5.69 Å². The lowest BCUT2D eigenvalue weighted by Gasteiger charge is -2.22. The van der Waals surface area contributed by atoms with Gasteiger partial charge in [0.1, 0.15) is 11.5 Å². The molecule has 1 saturated heterocycles. The Hall–Kier alpha value is -3.08. The number of hydrogen-bond acceptors (Lipinski definition) is 2. The monoisotopic (exact) mass is 358 g/mol. The standard InChI is InChI=1S/C22H22N4O/c1-13-9-10-16-15(14(13)2)12-19(23-16)22(27)26-11-5-8-20(26)21-24-17-6-3-4-7-18(17)25-21/h3-4,6-7,9-10,12,20,23H,5,8,11H2,1-2H3,(H,24,25). The van der Waals surface area contributed by atoms with Gasteiger partial charge in [-0.1, -0.05) is 18.2 Å². The van der Waals surface area contributed by atoms with Crippen molar-refractivity contribution in [2.45, 2.75) is 32.7 Å². The summed E-state index contributed by atoms with van der Waals surface area (Å²) in [6.45, 7) is 4.96. The maximum absolute atomic E-state index is 13.3. The fraction of sp³-hybridized carbons (Fsp3) is 0.273. The van der Waals surface area contributed by atoms with E-state index < -0.39 is 0 Å². The van der Waals surface area contributed by atoms with E-state index >= 15 is 0 Å². The van der Waals surface area contributed by atoms with Crippen LogP contribution in [0.4, 0.5) is 0 Å². The molecule has 4 aromatic rings. The summed E-state index contributed by atoms with van der Waals surface area (Å²) in [6, 6.07) is 14.1. The number of fused-ring (bicyclic) bond motifs is 2. The van der Waals surface area contributed by atoms with Crippen LogP contribution in [0.3, 0.4) is 0 Å². The molecule has 0 bridgehead atoms. The molecule has 5 heteroatoms. The van der Waals surface area contributed by atoms with E-state index in [2.05, 4.69) is 35.9 Å². The molecule has 1 aliphatic heterocycles. The molecule has 1 amide bonds. The third kappa shape index (κ3) is 2.53. The Labute approximate surface area is 157 Å². The van der Waals surface area contributed by atoms with E-state index in [9.17, 15) is 4.79 Å². The first-order valence-corrected chi connectivity index (χ1v) is 9.46. The number of imidazole rings is 1. The normalized spacial score (nSPS) is 17.3. The van der Waals surface area contributed by atoms with Gasteiger partial charge in [0.15, 0.2) is 0 Å². The molecule has 136 valence electrons. The van der Waals surface area contributed by atoms with Crippen LogP contribution < -0.4 is 0 Å². The van der Waals surface area contributed by atoms with Crippen molar-refractivity contribution < 1.29 is 4.79 Å². The first-order valence-electron chi connectivity index (χ1n) is 9.46. The van der Waals surface area contributed by atoms with Crippen molar-refractivity contribution in [3.63, 3.8) is 0 Å². The third-order valence-corrected chi connectivity index (χ3v) is 5.81. The Balaban J connectivity index is 1.51. The minimum absolute atomic E-state index is 0.000791. The molecule has 2 aromatic carbocycles. The number of amides is 1. The van der Waals surface area contributed by atoms with Crippen LogP contribution in [0.5, 0.6) is 0 Å². The molecule has 1 atom stereocenters. The minimum Gasteiger partial charge on any atom is -0.351 e. The molecule has 0 radical (unpaired) electrons. The van der Waals surface area contributed by atoms with Gasteiger partial charge in [-0.05, 0) is 62.1 Å². The van der Waals surface area contributed by atoms with Crippen LogP contribution in [0.25, 0.3) is 21.9 Å². The lowest BCUT2D eigenvalue weighted by molar-refractivity contribution is 0.0725. The molecule has 0 saturated carbocycles. The van der Waals surface area contributed by atoms with Crippen LogP contribution >= 0.6 is 0 Å². The molecule has 0 spiro atoms. The fourth-order valence-corrected chi connectivity index (χ4v) is 4.15. The first-order chi connectivity index (χ1) is 13.1. The number of carbonyl (C=O) groups excluding carboxylic acids is 1. The van der Waals surface area contributed by atoms with E-state index in [1.807, 2.05) is 35.2 Å². The van der Waals surface area contributed by atoms with Gasteiger partial charge in [0, 0.05) is 17.4 Å². The third-order valence-electron chi connectivity index (χ3n) is 5.81. The topological polar surface area (TPSA) is 64.8 Å². The zero-order chi connectivity index (χ0) is 18.5. The highest BCUT2D eigenvalue weighted by Crippen LogP contribution is 2.33. The average molecular weight is 358 g/mol. The molecule has 1 fully saturated rings. The second-order valence-corrected chi connectivity index (χ2v) is 7.45. The SMILES string of the molecule is Cc1ccc2[nH]c(C(=O)N3CCCC3c3nc4ccccc4[nH]3)cc2c1C. The molecule has 5 rings (SSSR count). The van der Waals surface area contributed by atoms with Crippen LogP contribution in [-0.2, 0) is 0 Å². The van der Waals surface area contributed by atoms with Gasteiger partial charge in [0.05, 0.1) is 17.1 Å². The number of aromatic amines is 2. The lowest BCUT2D eigenvalue weighted by atomic mass is 10.1. The van der Waals surface area contributed by atoms with Gasteiger partial charge in [-0.2, -0.15) is 0 Å². The summed E-state index contributed by atoms with van der Waals surface area (Å²) < 4.78 is 0. The molecule has 27 heavy (non-hydrogen) atoms. The molecule has 1 aliphatic rings. The van der Waals surface area contributed by atoms with Gasteiger partial charge < -0.3 is 14.9 Å². The fourth-order valence-electron chi connectivity index (χ4n) is 4.15. The highest BCUT2D eigenvalue weighted by Gasteiger charge is 2.33. The van der Waals surface area contributed by atoms with Gasteiger partial charge in [-0.15, -0.1) is 0 Å². The summed E-state index contributed by atoms with van der Waals surface area (Å²) >= 11 is 0. The van der Waals surface area contributed by atoms with Crippen LogP contribution in [0.2, 0.25) is 0 Å². The van der Waals surface area contributed by atoms with Gasteiger partial charge >= 0.3 is 0 Å². The number of carbonyl (C=O) groups is 1. The maximum atomic E-state index is 13.3. The summed E-state index contributed by atoms with van der Waals surface area (Å²) in [5.41, 5.74) is 6.09. The minimum atomic E-state index is -0.000791. The van der Waals surface area contributed by atoms with Gasteiger partial charge in [0.25, 0.3) is 5.91 Å². The Morgan fingerprint density at radius 2 is 1.96 bits per heavy atom. The molecule has 2 N–H and O–H groups in total. The van der Waals surface area contributed by atoms with E-state index in [4.69, 9.17) is 4.98 Å². The van der Waals surface area contributed by atoms with Crippen molar-refractivity contribution in [3.8, 4) is 0 Å². The van der Waals surface area contributed by atoms with Crippen molar-refractivity contribution in [3.05, 3.63) is 65.1 Å². The van der Waals surface area contributed by atoms with Crippen molar-refractivity contribution in [2.75, 3.05) is 6.54 Å². The van der Waals surface area contributed by atoms with Crippen molar-refractivity contribution in [1.29, 1.82) is 0 Å². The maximum Gasteiger partial charge on any atom is 0.270 e. The van der Waals surface area contributed by atoms with E-state index in [0.717, 1.165) is 47.1 Å². The van der Waals surface area contributed by atoms with E-state index in [-0.39, 0.29) is 11.9 Å². The molecule has 3 heterocycles. The predicted molar refractivity (Wildman–Crippen MR) is 107 cm³/mol. The Kier molecular flexibility index (Phi) is 3.57. The average Bonchev–Trinajstić information content (AvgIpc) is 3.41. The predicted octanol–water partition coefficient (Wildman–Crippen LogP) is 4.64. The number of nitrogens with zero attached hydrogens (tertiary/aromatic N) is 2. The first kappa shape index (κ1) is 16.1. The van der Waals surface area contributed by atoms with Crippen LogP contribution in [0.15, 0.2) is 42.5 Å². The van der Waals surface area contributed by atoms with Gasteiger partial charge in [0.2, 0.25) is 0 Å². The van der Waals surface area contributed by atoms with E-state index in [1.165, 1.54) is 11.1 Å². The number of benzene rings is 2. The van der Waals surface area contributed by atoms with Crippen LogP contribution in [0, 0.1) is 13.8 Å². The van der Waals surface area contributed by atoms with Crippen LogP contribution in [-0.4, -0.2) is 32.3 Å². The molecule has 5 nitrogen and oxygen atoms in total. The summed E-state index contributed by atoms with van der Waals surface area (Å²) in [7, 11) is 0. The second kappa shape index (κ2) is 5.98. The van der Waals surface area contributed by atoms with Gasteiger partial charge in [-0.25, -0.2) is 4.98 Å². The number of aromatic nitrogens is 3. The smallest absolute Gasteiger partial charge is 0.270 e. The van der Waals surface area contributed by atoms with E-state index in [1.54, 1.807) is 0 Å². The summed E-state index contributed by atoms with van der Waals surface area (Å²) in [4.78, 5) is 26.7. The summed E-state index contributed by atoms with van der Waals surface area (Å²) in [6.07, 6.45) is 1.93. The Morgan fingerprint density at radius 3 is 2.81 bits per heavy atom. The number of para-hydroxylation sites is 2. The zero-order valence-electron chi connectivity index (χ0n) is 15.5. The molecular weight excluding hydrogens is 336 g/mol. The highest BCUT2D eigenvalue weighted by molar-refractivity contribution is 5.99. The van der Waals surface area contributed by atoms with Crippen molar-refractivity contribution in [1.82, 2.24) is 19.9 Å². The van der Waals surface area contributed by atoms with Crippen LogP contribution in [0.1, 0.15) is 46.3 Å². The Morgan fingerprint density at radius 1 is 1.11 bits per heavy atom.